The van der Waals surface area contributed by atoms with Gasteiger partial charge in [-0.3, -0.25) is 4.79 Å². The van der Waals surface area contributed by atoms with Crippen LogP contribution < -0.4 is 14.8 Å². The van der Waals surface area contributed by atoms with Crippen LogP contribution in [0.5, 0.6) is 11.5 Å². The zero-order valence-electron chi connectivity index (χ0n) is 11.0. The van der Waals surface area contributed by atoms with E-state index in [0.29, 0.717) is 47.8 Å². The highest BCUT2D eigenvalue weighted by Gasteiger charge is 2.16. The van der Waals surface area contributed by atoms with Crippen molar-refractivity contribution >= 4 is 29.3 Å². The fourth-order valence-electron chi connectivity index (χ4n) is 1.75. The number of nitrogens with one attached hydrogen (secondary N) is 1. The lowest BCUT2D eigenvalue weighted by atomic mass is 10.2. The van der Waals surface area contributed by atoms with Crippen molar-refractivity contribution in [3.05, 3.63) is 35.4 Å². The summed E-state index contributed by atoms with van der Waals surface area (Å²) < 4.78 is 11.0. The molecule has 0 aromatic heterocycles. The Kier molecular flexibility index (Phi) is 5.61. The lowest BCUT2D eigenvalue weighted by Crippen LogP contribution is -2.24. The smallest absolute Gasteiger partial charge is 0.230 e. The van der Waals surface area contributed by atoms with Gasteiger partial charge in [-0.2, -0.15) is 0 Å². The lowest BCUT2D eigenvalue weighted by Gasteiger charge is -2.20. The van der Waals surface area contributed by atoms with Crippen LogP contribution in [0.15, 0.2) is 24.8 Å². The van der Waals surface area contributed by atoms with Crippen molar-refractivity contribution in [2.75, 3.05) is 25.5 Å². The van der Waals surface area contributed by atoms with Crippen LogP contribution in [-0.4, -0.2) is 31.4 Å². The first-order valence-electron chi connectivity index (χ1n) is 6.24. The van der Waals surface area contributed by atoms with Crippen molar-refractivity contribution in [3.63, 3.8) is 0 Å². The number of rotatable bonds is 6. The van der Waals surface area contributed by atoms with Crippen molar-refractivity contribution in [1.82, 2.24) is 5.32 Å². The van der Waals surface area contributed by atoms with Gasteiger partial charge in [0, 0.05) is 12.3 Å². The molecule has 0 atom stereocenters. The van der Waals surface area contributed by atoms with Gasteiger partial charge in [0.05, 0.1) is 10.8 Å². The predicted molar refractivity (Wildman–Crippen MR) is 81.8 cm³/mol. The highest BCUT2D eigenvalue weighted by molar-refractivity contribution is 7.99. The number of benzene rings is 1. The number of hydrogen-bond donors (Lipinski definition) is 1. The van der Waals surface area contributed by atoms with Gasteiger partial charge >= 0.3 is 0 Å². The van der Waals surface area contributed by atoms with Crippen molar-refractivity contribution < 1.29 is 14.3 Å². The van der Waals surface area contributed by atoms with Crippen molar-refractivity contribution in [2.24, 2.45) is 0 Å². The Hall–Kier alpha value is -1.33. The van der Waals surface area contributed by atoms with Crippen LogP contribution in [0.4, 0.5) is 0 Å². The Labute approximate surface area is 127 Å². The first-order valence-corrected chi connectivity index (χ1v) is 7.77. The van der Waals surface area contributed by atoms with E-state index in [1.54, 1.807) is 6.08 Å². The Morgan fingerprint density at radius 3 is 3.05 bits per heavy atom. The SMILES string of the molecule is C=CCNC(=O)CSCc1cc(Cl)c2c(c1)OCCO2. The quantitative estimate of drug-likeness (QED) is 0.820. The van der Waals surface area contributed by atoms with E-state index < -0.39 is 0 Å². The van der Waals surface area contributed by atoms with Crippen molar-refractivity contribution in [1.29, 1.82) is 0 Å². The molecule has 0 unspecified atom stereocenters. The van der Waals surface area contributed by atoms with Gasteiger partial charge in [0.1, 0.15) is 13.2 Å². The summed E-state index contributed by atoms with van der Waals surface area (Å²) in [5.74, 6) is 2.38. The molecule has 1 aliphatic rings. The minimum absolute atomic E-state index is 0.00135. The molecule has 0 spiro atoms. The maximum absolute atomic E-state index is 11.4. The summed E-state index contributed by atoms with van der Waals surface area (Å²) >= 11 is 7.68. The molecule has 4 nitrogen and oxygen atoms in total. The minimum Gasteiger partial charge on any atom is -0.486 e. The molecule has 108 valence electrons. The van der Waals surface area contributed by atoms with Crippen LogP contribution in [-0.2, 0) is 10.5 Å². The number of carbonyl (C=O) groups is 1. The molecule has 0 radical (unpaired) electrons. The molecule has 1 heterocycles. The standard InChI is InChI=1S/C14H16ClNO3S/c1-2-3-16-13(17)9-20-8-10-6-11(15)14-12(7-10)18-4-5-19-14/h2,6-7H,1,3-5,8-9H2,(H,16,17). The summed E-state index contributed by atoms with van der Waals surface area (Å²) in [6, 6.07) is 3.76. The van der Waals surface area contributed by atoms with Gasteiger partial charge < -0.3 is 14.8 Å². The maximum atomic E-state index is 11.4. The third kappa shape index (κ3) is 4.08. The van der Waals surface area contributed by atoms with Gasteiger partial charge in [-0.15, -0.1) is 18.3 Å². The number of thioether (sulfide) groups is 1. The van der Waals surface area contributed by atoms with Gasteiger partial charge in [-0.1, -0.05) is 17.7 Å². The van der Waals surface area contributed by atoms with E-state index in [4.69, 9.17) is 21.1 Å². The molecule has 1 aliphatic heterocycles. The van der Waals surface area contributed by atoms with Crippen LogP contribution in [0.2, 0.25) is 5.02 Å². The molecule has 1 aromatic rings. The third-order valence-corrected chi connectivity index (χ3v) is 3.89. The Bertz CT molecular complexity index is 507. The van der Waals surface area contributed by atoms with E-state index >= 15 is 0 Å². The average molecular weight is 314 g/mol. The molecule has 20 heavy (non-hydrogen) atoms. The van der Waals surface area contributed by atoms with E-state index in [0.717, 1.165) is 5.56 Å². The van der Waals surface area contributed by atoms with Gasteiger partial charge in [-0.05, 0) is 17.7 Å². The van der Waals surface area contributed by atoms with E-state index in [9.17, 15) is 4.79 Å². The highest BCUT2D eigenvalue weighted by Crippen LogP contribution is 2.39. The Morgan fingerprint density at radius 1 is 1.45 bits per heavy atom. The summed E-state index contributed by atoms with van der Waals surface area (Å²) in [7, 11) is 0. The summed E-state index contributed by atoms with van der Waals surface area (Å²) in [5.41, 5.74) is 1.01. The number of fused-ring (bicyclic) bond motifs is 1. The number of hydrogen-bond acceptors (Lipinski definition) is 4. The number of amides is 1. The fraction of sp³-hybridized carbons (Fsp3) is 0.357. The molecule has 0 bridgehead atoms. The second-order valence-corrected chi connectivity index (χ2v) is 5.58. The van der Waals surface area contributed by atoms with Gasteiger partial charge in [-0.25, -0.2) is 0 Å². The maximum Gasteiger partial charge on any atom is 0.230 e. The van der Waals surface area contributed by atoms with E-state index in [-0.39, 0.29) is 5.91 Å². The molecular formula is C14H16ClNO3S. The van der Waals surface area contributed by atoms with Crippen molar-refractivity contribution in [2.45, 2.75) is 5.75 Å². The van der Waals surface area contributed by atoms with Crippen LogP contribution in [0, 0.1) is 0 Å². The molecule has 6 heteroatoms. The van der Waals surface area contributed by atoms with Crippen LogP contribution >= 0.6 is 23.4 Å². The summed E-state index contributed by atoms with van der Waals surface area (Å²) in [6.45, 7) is 5.09. The number of halogens is 1. The van der Waals surface area contributed by atoms with Crippen LogP contribution in [0.25, 0.3) is 0 Å². The van der Waals surface area contributed by atoms with Crippen LogP contribution in [0.3, 0.4) is 0 Å². The van der Waals surface area contributed by atoms with E-state index in [1.807, 2.05) is 12.1 Å². The molecule has 1 N–H and O–H groups in total. The van der Waals surface area contributed by atoms with E-state index in [1.165, 1.54) is 11.8 Å². The zero-order chi connectivity index (χ0) is 14.4. The molecule has 0 fully saturated rings. The largest absolute Gasteiger partial charge is 0.486 e. The Morgan fingerprint density at radius 2 is 2.25 bits per heavy atom. The van der Waals surface area contributed by atoms with E-state index in [2.05, 4.69) is 11.9 Å². The van der Waals surface area contributed by atoms with Gasteiger partial charge in [0.25, 0.3) is 0 Å². The zero-order valence-corrected chi connectivity index (χ0v) is 12.6. The predicted octanol–water partition coefficient (Wildman–Crippen LogP) is 2.65. The van der Waals surface area contributed by atoms with Crippen molar-refractivity contribution in [3.8, 4) is 11.5 Å². The molecule has 0 saturated heterocycles. The summed E-state index contributed by atoms with van der Waals surface area (Å²) in [4.78, 5) is 11.4. The molecular weight excluding hydrogens is 298 g/mol. The number of ether oxygens (including phenoxy) is 2. The normalized spacial score (nSPS) is 12.8. The number of carbonyl (C=O) groups excluding carboxylic acids is 1. The summed E-state index contributed by atoms with van der Waals surface area (Å²) in [6.07, 6.45) is 1.66. The minimum atomic E-state index is -0.00135. The topological polar surface area (TPSA) is 47.6 Å². The molecule has 1 amide bonds. The lowest BCUT2D eigenvalue weighted by molar-refractivity contribution is -0.118. The first kappa shape index (κ1) is 15.1. The molecule has 2 rings (SSSR count). The van der Waals surface area contributed by atoms with Gasteiger partial charge in [0.2, 0.25) is 5.91 Å². The third-order valence-electron chi connectivity index (χ3n) is 2.60. The molecule has 1 aromatic carbocycles. The Balaban J connectivity index is 1.88. The second kappa shape index (κ2) is 7.45. The molecule has 0 aliphatic carbocycles. The average Bonchev–Trinajstić information content (AvgIpc) is 2.45. The highest BCUT2D eigenvalue weighted by atomic mass is 35.5. The van der Waals surface area contributed by atoms with Crippen LogP contribution in [0.1, 0.15) is 5.56 Å². The fourth-order valence-corrected chi connectivity index (χ4v) is 2.83. The summed E-state index contributed by atoms with van der Waals surface area (Å²) in [5, 5.41) is 3.28. The monoisotopic (exact) mass is 313 g/mol. The second-order valence-electron chi connectivity index (χ2n) is 4.19. The van der Waals surface area contributed by atoms with Gasteiger partial charge in [0.15, 0.2) is 11.5 Å². The molecule has 0 saturated carbocycles. The first-order chi connectivity index (χ1) is 9.70.